The van der Waals surface area contributed by atoms with Crippen molar-refractivity contribution in [2.75, 3.05) is 0 Å². The van der Waals surface area contributed by atoms with Crippen molar-refractivity contribution in [2.45, 2.75) is 26.2 Å². The summed E-state index contributed by atoms with van der Waals surface area (Å²) in [6.07, 6.45) is 0. The molecule has 0 amide bonds. The summed E-state index contributed by atoms with van der Waals surface area (Å²) in [4.78, 5) is 14.3. The van der Waals surface area contributed by atoms with Crippen LogP contribution in [0.3, 0.4) is 0 Å². The van der Waals surface area contributed by atoms with Crippen molar-refractivity contribution in [1.82, 2.24) is 9.13 Å². The Hall–Kier alpha value is -6.54. The van der Waals surface area contributed by atoms with Gasteiger partial charge in [-0.15, -0.1) is 0 Å². The number of hydrogen-bond acceptors (Lipinski definition) is 1. The van der Waals surface area contributed by atoms with Crippen LogP contribution < -0.4 is 20.7 Å². The van der Waals surface area contributed by atoms with Gasteiger partial charge in [0.1, 0.15) is 16.1 Å². The van der Waals surface area contributed by atoms with Gasteiger partial charge >= 0.3 is 0 Å². The fourth-order valence-corrected chi connectivity index (χ4v) is 13.8. The van der Waals surface area contributed by atoms with E-state index in [2.05, 4.69) is 217 Å². The highest BCUT2D eigenvalue weighted by Crippen LogP contribution is 2.33. The molecule has 5 heteroatoms. The Morgan fingerprint density at radius 2 is 0.655 bits per heavy atom. The molecule has 0 N–H and O–H groups in total. The molecule has 3 nitrogen and oxygen atoms in total. The normalized spacial score (nSPS) is 12.2. The van der Waals surface area contributed by atoms with Gasteiger partial charge in [0.15, 0.2) is 5.78 Å². The Bertz CT molecular complexity index is 2870. The third-order valence-electron chi connectivity index (χ3n) is 12.5. The van der Waals surface area contributed by atoms with E-state index >= 15 is 0 Å². The van der Waals surface area contributed by atoms with Gasteiger partial charge in [0.05, 0.1) is 22.1 Å². The SMILES string of the molecule is C[Si](C)(c1ccc(-n2c3ccccc3c3ccccc32)cc1)c1cccc(C(=O)c2cccc([Si](C)(C)c3ccc(-n4c5ccccc5c5ccccc54)cc3)c2)c1. The predicted molar refractivity (Wildman–Crippen MR) is 251 cm³/mol. The van der Waals surface area contributed by atoms with Gasteiger partial charge in [-0.2, -0.15) is 0 Å². The molecule has 10 aromatic rings. The van der Waals surface area contributed by atoms with Crippen molar-refractivity contribution in [3.8, 4) is 11.4 Å². The maximum atomic E-state index is 14.3. The summed E-state index contributed by atoms with van der Waals surface area (Å²) in [7, 11) is -4.29. The third kappa shape index (κ3) is 5.81. The second-order valence-corrected chi connectivity index (χ2v) is 25.4. The first-order valence-corrected chi connectivity index (χ1v) is 26.1. The van der Waals surface area contributed by atoms with Gasteiger partial charge in [0, 0.05) is 44.0 Å². The Labute approximate surface area is 341 Å². The van der Waals surface area contributed by atoms with E-state index in [0.29, 0.717) is 0 Å². The van der Waals surface area contributed by atoms with E-state index in [9.17, 15) is 4.79 Å². The number of ketones is 1. The Morgan fingerprint density at radius 3 is 0.983 bits per heavy atom. The maximum Gasteiger partial charge on any atom is 0.193 e. The highest BCUT2D eigenvalue weighted by atomic mass is 28.3. The number of carbonyl (C=O) groups excluding carboxylic acids is 1. The fourth-order valence-electron chi connectivity index (χ4n) is 9.05. The molecule has 0 fully saturated rings. The summed E-state index contributed by atoms with van der Waals surface area (Å²) in [6, 6.07) is 69.5. The molecule has 0 aliphatic rings. The van der Waals surface area contributed by atoms with Crippen molar-refractivity contribution >= 4 is 86.3 Å². The van der Waals surface area contributed by atoms with Crippen molar-refractivity contribution in [2.24, 2.45) is 0 Å². The largest absolute Gasteiger partial charge is 0.309 e. The molecule has 0 saturated heterocycles. The van der Waals surface area contributed by atoms with Crippen LogP contribution in [0.15, 0.2) is 194 Å². The van der Waals surface area contributed by atoms with Crippen LogP contribution in [0.5, 0.6) is 0 Å². The van der Waals surface area contributed by atoms with Crippen molar-refractivity contribution in [3.05, 3.63) is 205 Å². The summed E-state index contributed by atoms with van der Waals surface area (Å²) in [6.45, 7) is 9.53. The Kier molecular flexibility index (Phi) is 8.55. The number of hydrogen-bond donors (Lipinski definition) is 0. The lowest BCUT2D eigenvalue weighted by Gasteiger charge is -2.25. The summed E-state index contributed by atoms with van der Waals surface area (Å²) >= 11 is 0. The van der Waals surface area contributed by atoms with Crippen LogP contribution in [0.1, 0.15) is 15.9 Å². The second kappa shape index (κ2) is 13.8. The molecule has 0 aliphatic heterocycles. The summed E-state index contributed by atoms with van der Waals surface area (Å²) in [5.41, 5.74) is 8.63. The second-order valence-electron chi connectivity index (χ2n) is 16.6. The van der Waals surface area contributed by atoms with Crippen LogP contribution in [-0.2, 0) is 0 Å². The van der Waals surface area contributed by atoms with Gasteiger partial charge in [-0.3, -0.25) is 4.79 Å². The number of rotatable bonds is 8. The minimum absolute atomic E-state index is 0.0710. The van der Waals surface area contributed by atoms with Crippen LogP contribution >= 0.6 is 0 Å². The zero-order chi connectivity index (χ0) is 39.6. The minimum atomic E-state index is -2.15. The predicted octanol–water partition coefficient (Wildman–Crippen LogP) is 10.8. The molecule has 0 saturated carbocycles. The standard InChI is InChI=1S/C53H44N2OSi2/c1-57(2,41-31-27-39(28-32-41)54-49-23-9-5-19-45(49)46-20-6-10-24-50(46)54)43-17-13-15-37(35-43)53(56)38-16-14-18-44(36-38)58(3,4)42-33-29-40(30-34-42)55-51-25-11-7-21-47(51)48-22-8-12-26-52(48)55/h5-36H,1-4H3. The van der Waals surface area contributed by atoms with Crippen LogP contribution in [0.25, 0.3) is 55.0 Å². The lowest BCUT2D eigenvalue weighted by Crippen LogP contribution is -2.53. The van der Waals surface area contributed by atoms with Gasteiger partial charge in [-0.1, -0.05) is 193 Å². The van der Waals surface area contributed by atoms with E-state index in [0.717, 1.165) is 22.5 Å². The van der Waals surface area contributed by atoms with E-state index in [1.54, 1.807) is 0 Å². The molecule has 0 spiro atoms. The molecule has 0 aliphatic carbocycles. The lowest BCUT2D eigenvalue weighted by atomic mass is 10.0. The molecule has 0 radical (unpaired) electrons. The lowest BCUT2D eigenvalue weighted by molar-refractivity contribution is 0.103. The number of nitrogens with zero attached hydrogens (tertiary/aromatic N) is 2. The minimum Gasteiger partial charge on any atom is -0.309 e. The zero-order valence-corrected chi connectivity index (χ0v) is 35.3. The van der Waals surface area contributed by atoms with Gasteiger partial charge in [0.2, 0.25) is 0 Å². The first kappa shape index (κ1) is 35.8. The highest BCUT2D eigenvalue weighted by molar-refractivity contribution is 7.01. The quantitative estimate of drug-likeness (QED) is 0.111. The molecule has 2 heterocycles. The monoisotopic (exact) mass is 780 g/mol. The number of para-hydroxylation sites is 4. The van der Waals surface area contributed by atoms with Crippen LogP contribution in [0, 0.1) is 0 Å². The van der Waals surface area contributed by atoms with E-state index in [1.165, 1.54) is 64.4 Å². The Balaban J connectivity index is 0.920. The van der Waals surface area contributed by atoms with Crippen molar-refractivity contribution < 1.29 is 4.79 Å². The van der Waals surface area contributed by atoms with Gasteiger partial charge in [-0.25, -0.2) is 0 Å². The zero-order valence-electron chi connectivity index (χ0n) is 33.3. The molecular formula is C53H44N2OSi2. The molecule has 8 aromatic carbocycles. The number of benzene rings is 8. The summed E-state index contributed by atoms with van der Waals surface area (Å²) in [5, 5.41) is 10.2. The maximum absolute atomic E-state index is 14.3. The number of fused-ring (bicyclic) bond motifs is 6. The fraction of sp³-hybridized carbons (Fsp3) is 0.0755. The van der Waals surface area contributed by atoms with Gasteiger partial charge in [-0.05, 0) is 48.5 Å². The Morgan fingerprint density at radius 1 is 0.345 bits per heavy atom. The highest BCUT2D eigenvalue weighted by Gasteiger charge is 2.29. The summed E-state index contributed by atoms with van der Waals surface area (Å²) in [5.74, 6) is 0.0710. The topological polar surface area (TPSA) is 26.9 Å². The molecule has 0 atom stereocenters. The van der Waals surface area contributed by atoms with Crippen molar-refractivity contribution in [3.63, 3.8) is 0 Å². The molecule has 58 heavy (non-hydrogen) atoms. The third-order valence-corrected chi connectivity index (χ3v) is 19.6. The van der Waals surface area contributed by atoms with E-state index in [-0.39, 0.29) is 5.78 Å². The molecule has 0 bridgehead atoms. The van der Waals surface area contributed by atoms with Crippen LogP contribution in [-0.4, -0.2) is 31.1 Å². The van der Waals surface area contributed by atoms with E-state index in [1.807, 2.05) is 12.1 Å². The van der Waals surface area contributed by atoms with Crippen molar-refractivity contribution in [1.29, 1.82) is 0 Å². The van der Waals surface area contributed by atoms with Gasteiger partial charge in [0.25, 0.3) is 0 Å². The average molecular weight is 781 g/mol. The molecule has 10 rings (SSSR count). The molecule has 0 unspecified atom stereocenters. The van der Waals surface area contributed by atoms with E-state index < -0.39 is 16.1 Å². The molecule has 280 valence electrons. The average Bonchev–Trinajstić information content (AvgIpc) is 3.79. The van der Waals surface area contributed by atoms with Gasteiger partial charge < -0.3 is 9.13 Å². The first-order chi connectivity index (χ1) is 28.2. The molecule has 2 aromatic heterocycles. The first-order valence-electron chi connectivity index (χ1n) is 20.1. The molecular weight excluding hydrogens is 737 g/mol. The number of carbonyl (C=O) groups is 1. The smallest absolute Gasteiger partial charge is 0.193 e. The number of aromatic nitrogens is 2. The van der Waals surface area contributed by atoms with Crippen LogP contribution in [0.4, 0.5) is 0 Å². The van der Waals surface area contributed by atoms with E-state index in [4.69, 9.17) is 0 Å². The summed E-state index contributed by atoms with van der Waals surface area (Å²) < 4.78 is 4.73. The van der Waals surface area contributed by atoms with Crippen LogP contribution in [0.2, 0.25) is 26.2 Å².